The molecule has 4 aliphatic rings. The van der Waals surface area contributed by atoms with Gasteiger partial charge in [0.05, 0.1) is 6.54 Å². The average molecular weight is 435 g/mol. The fraction of sp³-hybridized carbons (Fsp3) is 0.440. The number of allylic oxidation sites excluding steroid dienone is 1. The number of dihydropyridines is 1. The fourth-order valence-electron chi connectivity index (χ4n) is 4.95. The Morgan fingerprint density at radius 3 is 2.59 bits per heavy atom. The van der Waals surface area contributed by atoms with Crippen molar-refractivity contribution in [2.75, 3.05) is 18.5 Å². The summed E-state index contributed by atoms with van der Waals surface area (Å²) in [5.74, 6) is 0.552. The van der Waals surface area contributed by atoms with Crippen LogP contribution in [0.5, 0.6) is 0 Å². The van der Waals surface area contributed by atoms with E-state index in [4.69, 9.17) is 4.74 Å². The van der Waals surface area contributed by atoms with E-state index in [-0.39, 0.29) is 24.1 Å². The van der Waals surface area contributed by atoms with Crippen LogP contribution in [0.1, 0.15) is 50.0 Å². The van der Waals surface area contributed by atoms with Crippen LogP contribution in [0.25, 0.3) is 0 Å². The van der Waals surface area contributed by atoms with Crippen molar-refractivity contribution in [3.05, 3.63) is 65.7 Å². The van der Waals surface area contributed by atoms with Crippen LogP contribution in [0.3, 0.4) is 0 Å². The van der Waals surface area contributed by atoms with Crippen LogP contribution < -0.4 is 16.0 Å². The second-order valence-electron chi connectivity index (χ2n) is 8.99. The lowest BCUT2D eigenvalue weighted by Crippen LogP contribution is -2.42. The number of nitrogens with one attached hydrogen (secondary N) is 3. The molecule has 1 aromatic carbocycles. The third-order valence-corrected chi connectivity index (χ3v) is 6.81. The zero-order valence-corrected chi connectivity index (χ0v) is 18.2. The van der Waals surface area contributed by atoms with E-state index in [1.165, 1.54) is 5.56 Å². The van der Waals surface area contributed by atoms with Crippen LogP contribution in [-0.2, 0) is 9.53 Å². The highest BCUT2D eigenvalue weighted by Gasteiger charge is 2.28. The first-order chi connectivity index (χ1) is 15.7. The number of carbonyl (C=O) groups excluding carboxylic acids is 2. The summed E-state index contributed by atoms with van der Waals surface area (Å²) in [4.78, 5) is 26.6. The number of nitrogens with zero attached hydrogens (tertiary/aromatic N) is 1. The number of hydrogen-bond acceptors (Lipinski definition) is 4. The van der Waals surface area contributed by atoms with Gasteiger partial charge in [0.15, 0.2) is 0 Å². The molecule has 2 fully saturated rings. The molecule has 0 bridgehead atoms. The molecule has 1 saturated heterocycles. The first-order valence-electron chi connectivity index (χ1n) is 11.6. The first kappa shape index (κ1) is 20.8. The molecule has 1 aliphatic carbocycles. The van der Waals surface area contributed by atoms with Crippen molar-refractivity contribution in [2.24, 2.45) is 0 Å². The molecular formula is C25H30N4O3. The molecule has 1 atom stereocenters. The van der Waals surface area contributed by atoms with Gasteiger partial charge in [-0.3, -0.25) is 9.69 Å². The van der Waals surface area contributed by atoms with E-state index < -0.39 is 0 Å². The highest BCUT2D eigenvalue weighted by molar-refractivity contribution is 5.91. The molecule has 3 aliphatic heterocycles. The Bertz CT molecular complexity index is 952. The van der Waals surface area contributed by atoms with E-state index >= 15 is 0 Å². The number of fused-ring (bicyclic) bond motifs is 1. The highest BCUT2D eigenvalue weighted by atomic mass is 16.5. The Morgan fingerprint density at radius 1 is 1.06 bits per heavy atom. The van der Waals surface area contributed by atoms with Crippen molar-refractivity contribution >= 4 is 17.6 Å². The van der Waals surface area contributed by atoms with Crippen molar-refractivity contribution in [1.29, 1.82) is 0 Å². The van der Waals surface area contributed by atoms with Crippen molar-refractivity contribution in [2.45, 2.75) is 56.6 Å². The van der Waals surface area contributed by atoms with Crippen molar-refractivity contribution in [3.8, 4) is 0 Å². The quantitative estimate of drug-likeness (QED) is 0.674. The molecule has 32 heavy (non-hydrogen) atoms. The molecule has 7 heteroatoms. The molecular weight excluding hydrogens is 404 g/mol. The lowest BCUT2D eigenvalue weighted by molar-refractivity contribution is -0.131. The molecule has 0 spiro atoms. The Labute approximate surface area is 188 Å². The van der Waals surface area contributed by atoms with Gasteiger partial charge < -0.3 is 20.7 Å². The maximum Gasteiger partial charge on any atom is 0.326 e. The minimum Gasteiger partial charge on any atom is -0.368 e. The number of benzene rings is 1. The van der Waals surface area contributed by atoms with Gasteiger partial charge in [0.25, 0.3) is 0 Å². The molecule has 1 saturated carbocycles. The second kappa shape index (κ2) is 9.20. The zero-order valence-electron chi connectivity index (χ0n) is 18.2. The van der Waals surface area contributed by atoms with Gasteiger partial charge in [-0.05, 0) is 79.4 Å². The van der Waals surface area contributed by atoms with Gasteiger partial charge in [0, 0.05) is 36.9 Å². The third kappa shape index (κ3) is 4.58. The summed E-state index contributed by atoms with van der Waals surface area (Å²) in [6.45, 7) is 1.27. The predicted molar refractivity (Wildman–Crippen MR) is 123 cm³/mol. The van der Waals surface area contributed by atoms with Gasteiger partial charge in [-0.2, -0.15) is 0 Å². The Kier molecular flexibility index (Phi) is 5.99. The van der Waals surface area contributed by atoms with Crippen LogP contribution in [0.4, 0.5) is 10.5 Å². The maximum atomic E-state index is 12.6. The number of hydrogen-bond donors (Lipinski definition) is 3. The summed E-state index contributed by atoms with van der Waals surface area (Å²) in [5, 5.41) is 9.23. The average Bonchev–Trinajstić information content (AvgIpc) is 3.50. The molecule has 1 aromatic rings. The minimum absolute atomic E-state index is 0.0579. The molecule has 7 nitrogen and oxygen atoms in total. The number of ether oxygens (including phenoxy) is 1. The van der Waals surface area contributed by atoms with E-state index in [0.29, 0.717) is 19.1 Å². The molecule has 0 radical (unpaired) electrons. The van der Waals surface area contributed by atoms with Gasteiger partial charge in [0.1, 0.15) is 6.10 Å². The van der Waals surface area contributed by atoms with Crippen molar-refractivity contribution in [3.63, 3.8) is 0 Å². The monoisotopic (exact) mass is 434 g/mol. The SMILES string of the molecule is O=C(N[C@H]1CC[C@H](c2ccc(NC(=O)N3C=C4C=CNC=C4C3)cc2)CC1)[C@H]1CCCO1. The standard InChI is InChI=1S/C25H30N4O3/c30-24(23-2-1-13-32-23)27-21-7-3-17(4-8-21)18-5-9-22(10-6-18)28-25(31)29-15-19-11-12-26-14-20(19)16-29/h5-6,9-12,14-15,17,21,23,26H,1-4,7-8,13,16H2,(H,27,30)(H,28,31)/t17-,21-,23-/m1/s1. The number of rotatable bonds is 4. The predicted octanol–water partition coefficient (Wildman–Crippen LogP) is 3.74. The topological polar surface area (TPSA) is 82.7 Å². The molecule has 3 N–H and O–H groups in total. The van der Waals surface area contributed by atoms with Crippen molar-refractivity contribution < 1.29 is 14.3 Å². The van der Waals surface area contributed by atoms with E-state index in [9.17, 15) is 9.59 Å². The van der Waals surface area contributed by atoms with E-state index in [0.717, 1.165) is 55.4 Å². The molecule has 3 heterocycles. The van der Waals surface area contributed by atoms with Crippen LogP contribution >= 0.6 is 0 Å². The Balaban J connectivity index is 1.10. The van der Waals surface area contributed by atoms with Gasteiger partial charge >= 0.3 is 6.03 Å². The molecule has 3 amide bonds. The van der Waals surface area contributed by atoms with Crippen LogP contribution in [0.2, 0.25) is 0 Å². The molecule has 0 aromatic heterocycles. The summed E-state index contributed by atoms with van der Waals surface area (Å²) in [5.41, 5.74) is 4.27. The summed E-state index contributed by atoms with van der Waals surface area (Å²) in [7, 11) is 0. The summed E-state index contributed by atoms with van der Waals surface area (Å²) in [6.07, 6.45) is 13.3. The Hall–Kier alpha value is -3.06. The lowest BCUT2D eigenvalue weighted by Gasteiger charge is -2.30. The summed E-state index contributed by atoms with van der Waals surface area (Å²) in [6, 6.07) is 8.31. The normalized spacial score (nSPS) is 26.6. The third-order valence-electron chi connectivity index (χ3n) is 6.81. The summed E-state index contributed by atoms with van der Waals surface area (Å²) >= 11 is 0. The van der Waals surface area contributed by atoms with Gasteiger partial charge in [-0.25, -0.2) is 4.79 Å². The molecule has 5 rings (SSSR count). The second-order valence-corrected chi connectivity index (χ2v) is 8.99. The highest BCUT2D eigenvalue weighted by Crippen LogP contribution is 2.33. The van der Waals surface area contributed by atoms with Crippen LogP contribution in [-0.4, -0.2) is 42.1 Å². The fourth-order valence-corrected chi connectivity index (χ4v) is 4.95. The number of carbonyl (C=O) groups is 2. The number of anilines is 1. The smallest absolute Gasteiger partial charge is 0.326 e. The Morgan fingerprint density at radius 2 is 1.88 bits per heavy atom. The van der Waals surface area contributed by atoms with E-state index in [1.807, 2.05) is 36.8 Å². The van der Waals surface area contributed by atoms with Crippen LogP contribution in [0, 0.1) is 0 Å². The van der Waals surface area contributed by atoms with E-state index in [1.54, 1.807) is 4.90 Å². The zero-order chi connectivity index (χ0) is 21.9. The van der Waals surface area contributed by atoms with Gasteiger partial charge in [-0.1, -0.05) is 12.1 Å². The van der Waals surface area contributed by atoms with E-state index in [2.05, 4.69) is 28.1 Å². The lowest BCUT2D eigenvalue weighted by atomic mass is 9.81. The number of urea groups is 1. The van der Waals surface area contributed by atoms with Crippen molar-refractivity contribution in [1.82, 2.24) is 15.5 Å². The minimum atomic E-state index is -0.249. The largest absolute Gasteiger partial charge is 0.368 e. The number of amides is 3. The molecule has 0 unspecified atom stereocenters. The van der Waals surface area contributed by atoms with Gasteiger partial charge in [-0.15, -0.1) is 0 Å². The summed E-state index contributed by atoms with van der Waals surface area (Å²) < 4.78 is 5.49. The first-order valence-corrected chi connectivity index (χ1v) is 11.6. The van der Waals surface area contributed by atoms with Crippen LogP contribution in [0.15, 0.2) is 60.1 Å². The van der Waals surface area contributed by atoms with Gasteiger partial charge in [0.2, 0.25) is 5.91 Å². The molecule has 168 valence electrons. The maximum absolute atomic E-state index is 12.6.